The molecule has 1 amide bonds. The second-order valence-corrected chi connectivity index (χ2v) is 9.09. The van der Waals surface area contributed by atoms with Gasteiger partial charge in [-0.05, 0) is 50.5 Å². The van der Waals surface area contributed by atoms with Crippen molar-refractivity contribution in [1.82, 2.24) is 20.5 Å². The van der Waals surface area contributed by atoms with Crippen LogP contribution in [-0.4, -0.2) is 43.4 Å². The second-order valence-electron chi connectivity index (χ2n) is 6.74. The van der Waals surface area contributed by atoms with E-state index < -0.39 is 15.9 Å². The van der Waals surface area contributed by atoms with E-state index in [1.165, 1.54) is 4.31 Å². The van der Waals surface area contributed by atoms with E-state index in [2.05, 4.69) is 23.1 Å². The van der Waals surface area contributed by atoms with Crippen molar-refractivity contribution >= 4 is 33.3 Å². The van der Waals surface area contributed by atoms with Gasteiger partial charge in [0.1, 0.15) is 0 Å². The van der Waals surface area contributed by atoms with Crippen molar-refractivity contribution in [3.05, 3.63) is 29.8 Å². The summed E-state index contributed by atoms with van der Waals surface area (Å²) in [4.78, 5) is 12.7. The molecule has 0 bridgehead atoms. The topological polar surface area (TPSA) is 90.5 Å². The molecule has 7 nitrogen and oxygen atoms in total. The van der Waals surface area contributed by atoms with E-state index in [1.807, 2.05) is 6.92 Å². The number of nitrogens with one attached hydrogen (secondary N) is 3. The quantitative estimate of drug-likeness (QED) is 0.374. The van der Waals surface area contributed by atoms with Gasteiger partial charge in [-0.1, -0.05) is 31.0 Å². The molecule has 1 aromatic carbocycles. The summed E-state index contributed by atoms with van der Waals surface area (Å²) in [5.74, 6) is -0.664. The molecule has 27 heavy (non-hydrogen) atoms. The molecule has 1 aliphatic rings. The molecular weight excluding hydrogens is 384 g/mol. The number of hydrazine groups is 1. The number of amides is 1. The summed E-state index contributed by atoms with van der Waals surface area (Å²) in [6.45, 7) is 5.32. The van der Waals surface area contributed by atoms with Crippen LogP contribution in [0.2, 0.25) is 0 Å². The first-order valence-corrected chi connectivity index (χ1v) is 11.1. The second kappa shape index (κ2) is 10.0. The predicted molar refractivity (Wildman–Crippen MR) is 109 cm³/mol. The first kappa shape index (κ1) is 21.6. The lowest BCUT2D eigenvalue weighted by molar-refractivity contribution is -0.126. The molecule has 0 aromatic heterocycles. The molecular formula is C18H28N4O3S2. The summed E-state index contributed by atoms with van der Waals surface area (Å²) in [6.07, 6.45) is 3.32. The van der Waals surface area contributed by atoms with Crippen LogP contribution in [0.5, 0.6) is 0 Å². The van der Waals surface area contributed by atoms with E-state index in [0.29, 0.717) is 24.5 Å². The largest absolute Gasteiger partial charge is 0.361 e. The molecule has 1 saturated heterocycles. The van der Waals surface area contributed by atoms with Gasteiger partial charge in [0.05, 0.1) is 10.8 Å². The van der Waals surface area contributed by atoms with Crippen molar-refractivity contribution in [3.63, 3.8) is 0 Å². The standard InChI is InChI=1S/C18H28N4O3S2/c1-3-4-11-19-18(26)21-20-17(23)15-6-5-12-22(13-15)27(24,25)16-9-7-14(2)8-10-16/h7-10,15H,3-6,11-13H2,1-2H3,(H,20,23)(H2,19,21,26)/t15-/m0/s1. The molecule has 0 radical (unpaired) electrons. The first-order chi connectivity index (χ1) is 12.8. The average Bonchev–Trinajstić information content (AvgIpc) is 2.67. The SMILES string of the molecule is CCCCNC(=S)NNC(=O)[C@H]1CCCN(S(=O)(=O)c2ccc(C)cc2)C1. The fourth-order valence-corrected chi connectivity index (χ4v) is 4.55. The number of piperidine rings is 1. The van der Waals surface area contributed by atoms with Crippen LogP contribution in [0.4, 0.5) is 0 Å². The average molecular weight is 413 g/mol. The Morgan fingerprint density at radius 3 is 2.63 bits per heavy atom. The number of carbonyl (C=O) groups is 1. The highest BCUT2D eigenvalue weighted by Gasteiger charge is 2.33. The lowest BCUT2D eigenvalue weighted by Gasteiger charge is -2.31. The normalized spacial score (nSPS) is 17.9. The van der Waals surface area contributed by atoms with Gasteiger partial charge in [0.15, 0.2) is 5.11 Å². The van der Waals surface area contributed by atoms with Gasteiger partial charge in [-0.15, -0.1) is 0 Å². The monoisotopic (exact) mass is 412 g/mol. The number of nitrogens with zero attached hydrogens (tertiary/aromatic N) is 1. The van der Waals surface area contributed by atoms with Gasteiger partial charge in [0, 0.05) is 19.6 Å². The van der Waals surface area contributed by atoms with E-state index in [4.69, 9.17) is 12.2 Å². The molecule has 0 aliphatic carbocycles. The highest BCUT2D eigenvalue weighted by atomic mass is 32.2. The fourth-order valence-electron chi connectivity index (χ4n) is 2.88. The number of hydrogen-bond acceptors (Lipinski definition) is 4. The van der Waals surface area contributed by atoms with Crippen molar-refractivity contribution in [1.29, 1.82) is 0 Å². The zero-order valence-electron chi connectivity index (χ0n) is 15.8. The fraction of sp³-hybridized carbons (Fsp3) is 0.556. The van der Waals surface area contributed by atoms with Crippen LogP contribution in [0, 0.1) is 12.8 Å². The predicted octanol–water partition coefficient (Wildman–Crippen LogP) is 1.69. The minimum absolute atomic E-state index is 0.166. The molecule has 0 saturated carbocycles. The molecule has 150 valence electrons. The van der Waals surface area contributed by atoms with Crippen molar-refractivity contribution in [2.45, 2.75) is 44.4 Å². The molecule has 2 rings (SSSR count). The van der Waals surface area contributed by atoms with Gasteiger partial charge in [0.25, 0.3) is 0 Å². The summed E-state index contributed by atoms with van der Waals surface area (Å²) in [5.41, 5.74) is 6.27. The van der Waals surface area contributed by atoms with E-state index in [-0.39, 0.29) is 17.3 Å². The van der Waals surface area contributed by atoms with Crippen LogP contribution < -0.4 is 16.2 Å². The maximum absolute atomic E-state index is 12.8. The number of benzene rings is 1. The number of thiocarbonyl (C=S) groups is 1. The Hall–Kier alpha value is -1.71. The summed E-state index contributed by atoms with van der Waals surface area (Å²) >= 11 is 5.10. The molecule has 0 unspecified atom stereocenters. The lowest BCUT2D eigenvalue weighted by Crippen LogP contribution is -2.52. The molecule has 9 heteroatoms. The van der Waals surface area contributed by atoms with Gasteiger partial charge >= 0.3 is 0 Å². The van der Waals surface area contributed by atoms with Gasteiger partial charge in [-0.25, -0.2) is 8.42 Å². The Morgan fingerprint density at radius 1 is 1.26 bits per heavy atom. The zero-order chi connectivity index (χ0) is 19.9. The van der Waals surface area contributed by atoms with Gasteiger partial charge < -0.3 is 5.32 Å². The minimum Gasteiger partial charge on any atom is -0.361 e. The molecule has 1 heterocycles. The number of aryl methyl sites for hydroxylation is 1. The van der Waals surface area contributed by atoms with Crippen molar-refractivity contribution < 1.29 is 13.2 Å². The summed E-state index contributed by atoms with van der Waals surface area (Å²) < 4.78 is 27.0. The van der Waals surface area contributed by atoms with Gasteiger partial charge in [-0.3, -0.25) is 15.6 Å². The van der Waals surface area contributed by atoms with Crippen molar-refractivity contribution in [3.8, 4) is 0 Å². The number of sulfonamides is 1. The number of rotatable bonds is 6. The Kier molecular flexibility index (Phi) is 8.00. The smallest absolute Gasteiger partial charge is 0.243 e. The van der Waals surface area contributed by atoms with Crippen LogP contribution >= 0.6 is 12.2 Å². The molecule has 1 aromatic rings. The highest BCUT2D eigenvalue weighted by molar-refractivity contribution is 7.89. The van der Waals surface area contributed by atoms with Crippen molar-refractivity contribution in [2.24, 2.45) is 5.92 Å². The van der Waals surface area contributed by atoms with Crippen LogP contribution in [0.1, 0.15) is 38.2 Å². The Balaban J connectivity index is 1.92. The molecule has 1 fully saturated rings. The lowest BCUT2D eigenvalue weighted by atomic mass is 9.99. The third kappa shape index (κ3) is 6.15. The van der Waals surface area contributed by atoms with Crippen LogP contribution in [0.15, 0.2) is 29.2 Å². The van der Waals surface area contributed by atoms with Crippen LogP contribution in [0.3, 0.4) is 0 Å². The van der Waals surface area contributed by atoms with E-state index in [9.17, 15) is 13.2 Å². The van der Waals surface area contributed by atoms with Gasteiger partial charge in [0.2, 0.25) is 15.9 Å². The third-order valence-corrected chi connectivity index (χ3v) is 6.65. The van der Waals surface area contributed by atoms with Crippen molar-refractivity contribution in [2.75, 3.05) is 19.6 Å². The zero-order valence-corrected chi connectivity index (χ0v) is 17.5. The first-order valence-electron chi connectivity index (χ1n) is 9.25. The summed E-state index contributed by atoms with van der Waals surface area (Å²) in [6, 6.07) is 6.77. The van der Waals surface area contributed by atoms with Crippen LogP contribution in [0.25, 0.3) is 0 Å². The maximum Gasteiger partial charge on any atom is 0.243 e. The van der Waals surface area contributed by atoms with Gasteiger partial charge in [-0.2, -0.15) is 4.31 Å². The molecule has 1 atom stereocenters. The Labute approximate surface area is 166 Å². The van der Waals surface area contributed by atoms with E-state index in [1.54, 1.807) is 24.3 Å². The minimum atomic E-state index is -3.60. The maximum atomic E-state index is 12.8. The number of unbranched alkanes of at least 4 members (excludes halogenated alkanes) is 1. The van der Waals surface area contributed by atoms with E-state index in [0.717, 1.165) is 24.9 Å². The highest BCUT2D eigenvalue weighted by Crippen LogP contribution is 2.24. The molecule has 0 spiro atoms. The Morgan fingerprint density at radius 2 is 1.96 bits per heavy atom. The summed E-state index contributed by atoms with van der Waals surface area (Å²) in [7, 11) is -3.60. The molecule has 1 aliphatic heterocycles. The van der Waals surface area contributed by atoms with E-state index >= 15 is 0 Å². The number of carbonyl (C=O) groups excluding carboxylic acids is 1. The number of hydrogen-bond donors (Lipinski definition) is 3. The third-order valence-electron chi connectivity index (χ3n) is 4.53. The Bertz CT molecular complexity index is 750. The summed E-state index contributed by atoms with van der Waals surface area (Å²) in [5, 5.41) is 3.36. The molecule has 3 N–H and O–H groups in total. The van der Waals surface area contributed by atoms with Crippen LogP contribution in [-0.2, 0) is 14.8 Å².